The molecule has 2 aliphatic heterocycles. The highest BCUT2D eigenvalue weighted by atomic mass is 35.5. The first-order chi connectivity index (χ1) is 13.2. The average molecular weight is 435 g/mol. The molecule has 28 heavy (non-hydrogen) atoms. The van der Waals surface area contributed by atoms with Crippen molar-refractivity contribution in [2.45, 2.75) is 56.0 Å². The second-order valence-corrected chi connectivity index (χ2v) is 9.19. The predicted molar refractivity (Wildman–Crippen MR) is 98.5 cm³/mol. The molecule has 0 aliphatic carbocycles. The van der Waals surface area contributed by atoms with Gasteiger partial charge in [-0.3, -0.25) is 0 Å². The minimum Gasteiger partial charge on any atom is -0.394 e. The number of alkyl halides is 2. The lowest BCUT2D eigenvalue weighted by Crippen LogP contribution is -2.51. The second kappa shape index (κ2) is 7.26. The number of aliphatic hydroxyl groups is 2. The Balaban J connectivity index is 1.64. The van der Waals surface area contributed by atoms with Crippen LogP contribution in [0.15, 0.2) is 12.3 Å². The Bertz CT molecular complexity index is 863. The molecule has 154 valence electrons. The van der Waals surface area contributed by atoms with Crippen molar-refractivity contribution >= 4 is 22.9 Å². The molecule has 4 rings (SSSR count). The fourth-order valence-electron chi connectivity index (χ4n) is 4.04. The molecule has 4 heterocycles. The van der Waals surface area contributed by atoms with Gasteiger partial charge in [0.2, 0.25) is 0 Å². The van der Waals surface area contributed by atoms with Crippen molar-refractivity contribution in [3.05, 3.63) is 32.7 Å². The van der Waals surface area contributed by atoms with Gasteiger partial charge < -0.3 is 20.3 Å². The van der Waals surface area contributed by atoms with E-state index in [9.17, 15) is 13.9 Å². The van der Waals surface area contributed by atoms with Crippen molar-refractivity contribution in [2.24, 2.45) is 0 Å². The predicted octanol–water partition coefficient (Wildman–Crippen LogP) is 2.18. The number of fused-ring (bicyclic) bond motifs is 2. The first-order valence-corrected chi connectivity index (χ1v) is 10.2. The van der Waals surface area contributed by atoms with Crippen LogP contribution >= 0.6 is 22.9 Å². The largest absolute Gasteiger partial charge is 0.394 e. The molecule has 1 spiro atoms. The molecule has 0 bridgehead atoms. The van der Waals surface area contributed by atoms with Crippen molar-refractivity contribution in [1.29, 1.82) is 0 Å². The third-order valence-corrected chi connectivity index (χ3v) is 6.67. The van der Waals surface area contributed by atoms with Crippen molar-refractivity contribution in [3.63, 3.8) is 0 Å². The summed E-state index contributed by atoms with van der Waals surface area (Å²) >= 11 is 7.22. The normalized spacial score (nSPS) is 30.4. The number of aromatic nitrogens is 3. The Morgan fingerprint density at radius 3 is 3.04 bits per heavy atom. The topological polar surface area (TPSA) is 92.4 Å². The smallest absolute Gasteiger partial charge is 0.297 e. The number of nitrogens with one attached hydrogen (secondary N) is 1. The number of hydrogen-bond acceptors (Lipinski definition) is 7. The number of halogens is 3. The van der Waals surface area contributed by atoms with Gasteiger partial charge in [0.15, 0.2) is 0 Å². The van der Waals surface area contributed by atoms with Crippen LogP contribution < -0.4 is 5.32 Å². The summed E-state index contributed by atoms with van der Waals surface area (Å²) in [5, 5.41) is 30.1. The van der Waals surface area contributed by atoms with Gasteiger partial charge in [-0.15, -0.1) is 16.4 Å². The second-order valence-electron chi connectivity index (χ2n) is 7.51. The zero-order chi connectivity index (χ0) is 20.1. The number of hydrogen-bond donors (Lipinski definition) is 3. The molecule has 0 unspecified atom stereocenters. The van der Waals surface area contributed by atoms with Crippen LogP contribution in [0.1, 0.15) is 41.9 Å². The van der Waals surface area contributed by atoms with E-state index >= 15 is 0 Å². The van der Waals surface area contributed by atoms with Crippen molar-refractivity contribution < 1.29 is 23.7 Å². The molecule has 0 aromatic carbocycles. The third-order valence-electron chi connectivity index (χ3n) is 5.22. The van der Waals surface area contributed by atoms with Crippen LogP contribution in [0.5, 0.6) is 0 Å². The van der Waals surface area contributed by atoms with Crippen molar-refractivity contribution in [2.75, 3.05) is 13.2 Å². The van der Waals surface area contributed by atoms with E-state index in [0.717, 1.165) is 11.3 Å². The minimum absolute atomic E-state index is 0.00706. The first-order valence-electron chi connectivity index (χ1n) is 8.99. The van der Waals surface area contributed by atoms with Gasteiger partial charge >= 0.3 is 0 Å². The zero-order valence-corrected chi connectivity index (χ0v) is 16.7. The fraction of sp³-hybridized carbons (Fsp3) is 0.647. The molecule has 1 fully saturated rings. The fourth-order valence-corrected chi connectivity index (χ4v) is 5.48. The van der Waals surface area contributed by atoms with Crippen LogP contribution in [0.4, 0.5) is 8.78 Å². The van der Waals surface area contributed by atoms with Gasteiger partial charge in [-0.05, 0) is 19.4 Å². The number of rotatable bonds is 4. The standard InChI is InChI=1S/C17H21ClF2N4O3S/c1-9-3-16(15-11(2-14(18)28-15)17(19,20)8-27-16)4-12(21-9)13-6-24(23-22-13)5-10(26)7-25/h2,6,9-10,12,21,25-26H,3-5,7-8H2,1H3/t9-,10+,12-,16-/m0/s1. The Hall–Kier alpha value is -1.17. The third kappa shape index (κ3) is 3.57. The molecular formula is C17H21ClF2N4O3S. The maximum absolute atomic E-state index is 14.4. The van der Waals surface area contributed by atoms with Gasteiger partial charge in [0.05, 0.1) is 41.5 Å². The highest BCUT2D eigenvalue weighted by Gasteiger charge is 2.53. The molecule has 2 aromatic heterocycles. The molecule has 4 atom stereocenters. The molecule has 3 N–H and O–H groups in total. The number of thiophene rings is 1. The summed E-state index contributed by atoms with van der Waals surface area (Å²) in [6.07, 6.45) is 1.71. The SMILES string of the molecule is C[C@H]1C[C@@]2(C[C@@H](c3cn(C[C@@H](O)CO)nn3)N1)OCC(F)(F)c1cc(Cl)sc12. The molecule has 11 heteroatoms. The number of piperidine rings is 1. The molecule has 0 saturated carbocycles. The quantitative estimate of drug-likeness (QED) is 0.683. The van der Waals surface area contributed by atoms with Crippen molar-refractivity contribution in [3.8, 4) is 0 Å². The van der Waals surface area contributed by atoms with E-state index in [1.807, 2.05) is 6.92 Å². The van der Waals surface area contributed by atoms with E-state index in [1.54, 1.807) is 6.20 Å². The molecule has 2 aromatic rings. The Kier molecular flexibility index (Phi) is 5.22. The first kappa shape index (κ1) is 20.1. The average Bonchev–Trinajstić information content (AvgIpc) is 3.26. The van der Waals surface area contributed by atoms with E-state index in [0.29, 0.717) is 27.7 Å². The molecular weight excluding hydrogens is 414 g/mol. The Labute approximate surface area is 169 Å². The van der Waals surface area contributed by atoms with Gasteiger partial charge in [-0.1, -0.05) is 16.8 Å². The van der Waals surface area contributed by atoms with E-state index < -0.39 is 24.2 Å². The highest BCUT2D eigenvalue weighted by molar-refractivity contribution is 7.16. The number of ether oxygens (including phenoxy) is 1. The van der Waals surface area contributed by atoms with E-state index in [4.69, 9.17) is 21.4 Å². The monoisotopic (exact) mass is 434 g/mol. The summed E-state index contributed by atoms with van der Waals surface area (Å²) < 4.78 is 36.3. The van der Waals surface area contributed by atoms with Crippen molar-refractivity contribution in [1.82, 2.24) is 20.3 Å². The summed E-state index contributed by atoms with van der Waals surface area (Å²) in [6, 6.07) is 1.08. The van der Waals surface area contributed by atoms with Crippen LogP contribution in [0.25, 0.3) is 0 Å². The molecule has 1 saturated heterocycles. The Morgan fingerprint density at radius 1 is 1.50 bits per heavy atom. The minimum atomic E-state index is -3.06. The van der Waals surface area contributed by atoms with Crippen LogP contribution in [0.3, 0.4) is 0 Å². The summed E-state index contributed by atoms with van der Waals surface area (Å²) in [5.74, 6) is -3.06. The van der Waals surface area contributed by atoms with Crippen LogP contribution in [0.2, 0.25) is 4.34 Å². The molecule has 2 aliphatic rings. The molecule has 7 nitrogen and oxygen atoms in total. The van der Waals surface area contributed by atoms with Gasteiger partial charge in [0.25, 0.3) is 5.92 Å². The maximum Gasteiger partial charge on any atom is 0.297 e. The zero-order valence-electron chi connectivity index (χ0n) is 15.1. The van der Waals surface area contributed by atoms with Gasteiger partial charge in [0.1, 0.15) is 12.2 Å². The lowest BCUT2D eigenvalue weighted by atomic mass is 9.78. The summed E-state index contributed by atoms with van der Waals surface area (Å²) in [7, 11) is 0. The van der Waals surface area contributed by atoms with Crippen LogP contribution in [0, 0.1) is 0 Å². The van der Waals surface area contributed by atoms with E-state index in [1.165, 1.54) is 10.7 Å². The van der Waals surface area contributed by atoms with Crippen LogP contribution in [-0.2, 0) is 22.8 Å². The van der Waals surface area contributed by atoms with Gasteiger partial charge in [0, 0.05) is 22.9 Å². The maximum atomic E-state index is 14.4. The Morgan fingerprint density at radius 2 is 2.29 bits per heavy atom. The molecule has 0 radical (unpaired) electrons. The highest BCUT2D eigenvalue weighted by Crippen LogP contribution is 2.54. The number of nitrogens with zero attached hydrogens (tertiary/aromatic N) is 3. The lowest BCUT2D eigenvalue weighted by molar-refractivity contribution is -0.183. The van der Waals surface area contributed by atoms with Gasteiger partial charge in [-0.25, -0.2) is 4.68 Å². The van der Waals surface area contributed by atoms with E-state index in [2.05, 4.69) is 15.6 Å². The summed E-state index contributed by atoms with van der Waals surface area (Å²) in [5.41, 5.74) is -0.282. The molecule has 0 amide bonds. The van der Waals surface area contributed by atoms with Crippen LogP contribution in [-0.4, -0.2) is 50.6 Å². The lowest BCUT2D eigenvalue weighted by Gasteiger charge is -2.47. The summed E-state index contributed by atoms with van der Waals surface area (Å²) in [6.45, 7) is 1.03. The summed E-state index contributed by atoms with van der Waals surface area (Å²) in [4.78, 5) is 0.482. The number of aliphatic hydroxyl groups excluding tert-OH is 2. The van der Waals surface area contributed by atoms with E-state index in [-0.39, 0.29) is 30.8 Å². The van der Waals surface area contributed by atoms with Gasteiger partial charge in [-0.2, -0.15) is 8.78 Å².